The minimum Gasteiger partial charge on any atom is -0.308 e. The van der Waals surface area contributed by atoms with Crippen molar-refractivity contribution in [2.45, 2.75) is 0 Å². The third-order valence-electron chi connectivity index (χ3n) is 9.49. The zero-order valence-electron chi connectivity index (χ0n) is 25.3. The average molecular weight is 599 g/mol. The number of hydrogen-bond acceptors (Lipinski definition) is 3. The molecule has 0 aliphatic carbocycles. The van der Waals surface area contributed by atoms with Gasteiger partial charge in [-0.15, -0.1) is 0 Å². The summed E-state index contributed by atoms with van der Waals surface area (Å²) in [5.74, 6) is 0. The van der Waals surface area contributed by atoms with Gasteiger partial charge in [0.1, 0.15) is 0 Å². The Labute approximate surface area is 270 Å². The number of aromatic nitrogens is 4. The van der Waals surface area contributed by atoms with Crippen LogP contribution >= 0.6 is 0 Å². The Morgan fingerprint density at radius 2 is 1.19 bits per heavy atom. The molecule has 0 radical (unpaired) electrons. The summed E-state index contributed by atoms with van der Waals surface area (Å²) in [6, 6.07) is 49.7. The highest BCUT2D eigenvalue weighted by molar-refractivity contribution is 6.25. The molecule has 6 aromatic carbocycles. The van der Waals surface area contributed by atoms with Gasteiger partial charge in [-0.2, -0.15) is 0 Å². The molecule has 0 unspecified atom stereocenters. The molecule has 0 atom stereocenters. The van der Waals surface area contributed by atoms with Gasteiger partial charge in [-0.25, -0.2) is 4.98 Å². The monoisotopic (exact) mass is 598 g/mol. The zero-order chi connectivity index (χ0) is 30.9. The molecular formula is C43H26N4. The molecule has 0 saturated heterocycles. The minimum atomic E-state index is 0.848. The highest BCUT2D eigenvalue weighted by Gasteiger charge is 2.16. The summed E-state index contributed by atoms with van der Waals surface area (Å²) >= 11 is 0. The predicted molar refractivity (Wildman–Crippen MR) is 194 cm³/mol. The van der Waals surface area contributed by atoms with E-state index in [0.29, 0.717) is 0 Å². The van der Waals surface area contributed by atoms with Crippen LogP contribution in [-0.4, -0.2) is 19.5 Å². The third-order valence-corrected chi connectivity index (χ3v) is 9.49. The minimum absolute atomic E-state index is 0.848. The topological polar surface area (TPSA) is 43.6 Å². The van der Waals surface area contributed by atoms with E-state index in [-0.39, 0.29) is 0 Å². The summed E-state index contributed by atoms with van der Waals surface area (Å²) in [5.41, 5.74) is 9.31. The van der Waals surface area contributed by atoms with Gasteiger partial charge in [-0.3, -0.25) is 9.97 Å². The van der Waals surface area contributed by atoms with Crippen molar-refractivity contribution in [3.63, 3.8) is 0 Å². The maximum Gasteiger partial charge on any atom is 0.0899 e. The molecule has 47 heavy (non-hydrogen) atoms. The second kappa shape index (κ2) is 10.1. The van der Waals surface area contributed by atoms with E-state index in [1.165, 1.54) is 48.6 Å². The lowest BCUT2D eigenvalue weighted by Gasteiger charge is -2.15. The van der Waals surface area contributed by atoms with E-state index in [9.17, 15) is 0 Å². The van der Waals surface area contributed by atoms with Crippen molar-refractivity contribution in [2.75, 3.05) is 0 Å². The Bertz CT molecular complexity index is 2710. The number of rotatable bonds is 4. The van der Waals surface area contributed by atoms with Crippen LogP contribution in [0.5, 0.6) is 0 Å². The van der Waals surface area contributed by atoms with Gasteiger partial charge in [-0.1, -0.05) is 91.0 Å². The molecular weight excluding hydrogens is 573 g/mol. The van der Waals surface area contributed by atoms with E-state index >= 15 is 0 Å². The molecule has 0 aliphatic rings. The van der Waals surface area contributed by atoms with Crippen LogP contribution in [-0.2, 0) is 0 Å². The normalized spacial score (nSPS) is 11.8. The number of pyridine rings is 3. The van der Waals surface area contributed by atoms with E-state index in [4.69, 9.17) is 4.98 Å². The van der Waals surface area contributed by atoms with Gasteiger partial charge in [0.2, 0.25) is 0 Å². The molecule has 4 heteroatoms. The van der Waals surface area contributed by atoms with Crippen LogP contribution in [0.1, 0.15) is 0 Å². The highest BCUT2D eigenvalue weighted by atomic mass is 15.0. The summed E-state index contributed by atoms with van der Waals surface area (Å²) in [6.45, 7) is 0. The van der Waals surface area contributed by atoms with Gasteiger partial charge in [0, 0.05) is 34.4 Å². The van der Waals surface area contributed by atoms with E-state index in [1.807, 2.05) is 36.8 Å². The van der Waals surface area contributed by atoms with Crippen LogP contribution in [0.2, 0.25) is 0 Å². The first-order chi connectivity index (χ1) is 23.3. The quantitative estimate of drug-likeness (QED) is 0.189. The van der Waals surface area contributed by atoms with Crippen molar-refractivity contribution in [1.29, 1.82) is 0 Å². The molecule has 0 saturated carbocycles. The average Bonchev–Trinajstić information content (AvgIpc) is 3.48. The van der Waals surface area contributed by atoms with Crippen LogP contribution in [0.15, 0.2) is 158 Å². The molecule has 0 amide bonds. The van der Waals surface area contributed by atoms with Gasteiger partial charge in [-0.05, 0) is 92.0 Å². The molecule has 4 heterocycles. The van der Waals surface area contributed by atoms with Gasteiger partial charge in [0.15, 0.2) is 0 Å². The Kier molecular flexibility index (Phi) is 5.54. The Morgan fingerprint density at radius 1 is 0.447 bits per heavy atom. The largest absolute Gasteiger partial charge is 0.308 e. The predicted octanol–water partition coefficient (Wildman–Crippen LogP) is 10.9. The SMILES string of the molecule is c1ccc(-c2cc(-c3ccc(-n4c5ccccc5c5ccncc54)cc3)cc(-c3ccc4ccc5cccc6ccc3c4c56)n2)nc1. The number of para-hydroxylation sites is 1. The third kappa shape index (κ3) is 3.98. The Balaban J connectivity index is 1.16. The second-order valence-electron chi connectivity index (χ2n) is 12.1. The van der Waals surface area contributed by atoms with Crippen LogP contribution in [0.3, 0.4) is 0 Å². The second-order valence-corrected chi connectivity index (χ2v) is 12.1. The maximum atomic E-state index is 5.23. The summed E-state index contributed by atoms with van der Waals surface area (Å²) < 4.78 is 2.30. The molecule has 10 rings (SSSR count). The van der Waals surface area contributed by atoms with Crippen LogP contribution in [0, 0.1) is 0 Å². The lowest BCUT2D eigenvalue weighted by molar-refractivity contribution is 1.17. The number of fused-ring (bicyclic) bond motifs is 3. The summed E-state index contributed by atoms with van der Waals surface area (Å²) in [4.78, 5) is 14.4. The molecule has 0 aliphatic heterocycles. The van der Waals surface area contributed by atoms with Crippen LogP contribution in [0.25, 0.3) is 93.6 Å². The molecule has 0 fully saturated rings. The molecule has 0 spiro atoms. The number of nitrogens with zero attached hydrogens (tertiary/aromatic N) is 4. The van der Waals surface area contributed by atoms with Gasteiger partial charge in [0.05, 0.1) is 34.3 Å². The van der Waals surface area contributed by atoms with Crippen LogP contribution < -0.4 is 0 Å². The van der Waals surface area contributed by atoms with E-state index < -0.39 is 0 Å². The van der Waals surface area contributed by atoms with Crippen molar-refractivity contribution in [3.8, 4) is 39.5 Å². The fourth-order valence-electron chi connectivity index (χ4n) is 7.34. The summed E-state index contributed by atoms with van der Waals surface area (Å²) in [5, 5.41) is 9.98. The van der Waals surface area contributed by atoms with Gasteiger partial charge >= 0.3 is 0 Å². The van der Waals surface area contributed by atoms with Crippen molar-refractivity contribution in [3.05, 3.63) is 158 Å². The lowest BCUT2D eigenvalue weighted by atomic mass is 9.90. The number of benzene rings is 6. The Hall–Kier alpha value is -6.39. The Morgan fingerprint density at radius 3 is 2.04 bits per heavy atom. The lowest BCUT2D eigenvalue weighted by Crippen LogP contribution is -1.95. The molecule has 218 valence electrons. The smallest absolute Gasteiger partial charge is 0.0899 e. The standard InChI is InChI=1S/C43H26N4/c1-2-10-40-34(8-1)35-21-23-44-26-41(35)47(40)32-17-13-27(14-18-32)31-24-38(46-39(25-31)37-9-3-4-22-45-37)33-19-15-30-12-11-28-6-5-7-29-16-20-36(33)43(30)42(28)29/h1-26H. The maximum absolute atomic E-state index is 5.23. The van der Waals surface area contributed by atoms with Crippen molar-refractivity contribution < 1.29 is 0 Å². The summed E-state index contributed by atoms with van der Waals surface area (Å²) in [6.07, 6.45) is 5.65. The molecule has 0 N–H and O–H groups in total. The van der Waals surface area contributed by atoms with Gasteiger partial charge < -0.3 is 4.57 Å². The van der Waals surface area contributed by atoms with Crippen molar-refractivity contribution in [1.82, 2.24) is 19.5 Å². The highest BCUT2D eigenvalue weighted by Crippen LogP contribution is 2.40. The first kappa shape index (κ1) is 25.9. The van der Waals surface area contributed by atoms with Crippen molar-refractivity contribution >= 4 is 54.1 Å². The fraction of sp³-hybridized carbons (Fsp3) is 0. The first-order valence-electron chi connectivity index (χ1n) is 15.8. The zero-order valence-corrected chi connectivity index (χ0v) is 25.3. The molecule has 10 aromatic rings. The van der Waals surface area contributed by atoms with E-state index in [0.717, 1.165) is 45.0 Å². The van der Waals surface area contributed by atoms with Crippen molar-refractivity contribution in [2.24, 2.45) is 0 Å². The first-order valence-corrected chi connectivity index (χ1v) is 15.8. The van der Waals surface area contributed by atoms with Gasteiger partial charge in [0.25, 0.3) is 0 Å². The van der Waals surface area contributed by atoms with Crippen LogP contribution in [0.4, 0.5) is 0 Å². The molecule has 4 aromatic heterocycles. The van der Waals surface area contributed by atoms with E-state index in [2.05, 4.69) is 136 Å². The number of hydrogen-bond donors (Lipinski definition) is 0. The molecule has 4 nitrogen and oxygen atoms in total. The summed E-state index contributed by atoms with van der Waals surface area (Å²) in [7, 11) is 0. The molecule has 0 bridgehead atoms. The van der Waals surface area contributed by atoms with E-state index in [1.54, 1.807) is 0 Å². The fourth-order valence-corrected chi connectivity index (χ4v) is 7.34.